The van der Waals surface area contributed by atoms with Crippen LogP contribution in [0.15, 0.2) is 0 Å². The molecule has 0 aliphatic carbocycles. The summed E-state index contributed by atoms with van der Waals surface area (Å²) < 4.78 is 0. The van der Waals surface area contributed by atoms with E-state index in [1.807, 2.05) is 13.8 Å². The van der Waals surface area contributed by atoms with E-state index in [4.69, 9.17) is 15.9 Å². The predicted octanol–water partition coefficient (Wildman–Crippen LogP) is -0.687. The Morgan fingerprint density at radius 3 is 2.12 bits per heavy atom. The first-order valence-electron chi connectivity index (χ1n) is 5.32. The maximum absolute atomic E-state index is 11.9. The molecular formula is C10H20N2O4. The van der Waals surface area contributed by atoms with E-state index in [1.165, 1.54) is 0 Å². The smallest absolute Gasteiger partial charge is 0.328 e. The van der Waals surface area contributed by atoms with Crippen LogP contribution in [0, 0.1) is 5.41 Å². The standard InChI is InChI=1S/C10H20N2O4/c1-3-10(4-2,6-11)9(16)12-7(5-13)8(14)15/h7,13H,3-6,11H2,1-2H3,(H,12,16)(H,14,15). The Bertz CT molecular complexity index is 243. The van der Waals surface area contributed by atoms with Crippen molar-refractivity contribution in [3.05, 3.63) is 0 Å². The van der Waals surface area contributed by atoms with Gasteiger partial charge >= 0.3 is 5.97 Å². The zero-order valence-corrected chi connectivity index (χ0v) is 9.69. The van der Waals surface area contributed by atoms with Crippen molar-refractivity contribution >= 4 is 11.9 Å². The number of carboxylic acids is 1. The number of hydrogen-bond acceptors (Lipinski definition) is 4. The summed E-state index contributed by atoms with van der Waals surface area (Å²) in [5, 5.41) is 19.8. The number of hydrogen-bond donors (Lipinski definition) is 4. The third kappa shape index (κ3) is 3.18. The maximum atomic E-state index is 11.9. The van der Waals surface area contributed by atoms with Crippen LogP contribution in [-0.4, -0.2) is 41.3 Å². The van der Waals surface area contributed by atoms with Crippen molar-refractivity contribution in [1.29, 1.82) is 0 Å². The average molecular weight is 232 g/mol. The molecule has 0 rings (SSSR count). The van der Waals surface area contributed by atoms with Crippen molar-refractivity contribution in [2.24, 2.45) is 11.1 Å². The van der Waals surface area contributed by atoms with Crippen LogP contribution in [0.5, 0.6) is 0 Å². The van der Waals surface area contributed by atoms with Gasteiger partial charge in [0, 0.05) is 6.54 Å². The highest BCUT2D eigenvalue weighted by Gasteiger charge is 2.35. The van der Waals surface area contributed by atoms with Gasteiger partial charge in [0.05, 0.1) is 12.0 Å². The molecule has 0 aromatic rings. The van der Waals surface area contributed by atoms with E-state index in [1.54, 1.807) is 0 Å². The number of amides is 1. The normalized spacial score (nSPS) is 13.2. The molecule has 6 heteroatoms. The fraction of sp³-hybridized carbons (Fsp3) is 0.800. The van der Waals surface area contributed by atoms with Gasteiger partial charge in [-0.1, -0.05) is 13.8 Å². The molecule has 0 bridgehead atoms. The summed E-state index contributed by atoms with van der Waals surface area (Å²) >= 11 is 0. The summed E-state index contributed by atoms with van der Waals surface area (Å²) in [7, 11) is 0. The van der Waals surface area contributed by atoms with Gasteiger partial charge in [0.2, 0.25) is 5.91 Å². The van der Waals surface area contributed by atoms with Gasteiger partial charge in [-0.25, -0.2) is 4.79 Å². The Balaban J connectivity index is 4.70. The van der Waals surface area contributed by atoms with E-state index in [0.29, 0.717) is 12.8 Å². The third-order valence-electron chi connectivity index (χ3n) is 3.01. The lowest BCUT2D eigenvalue weighted by Crippen LogP contribution is -2.52. The molecule has 0 aromatic carbocycles. The van der Waals surface area contributed by atoms with E-state index in [0.717, 1.165) is 0 Å². The topological polar surface area (TPSA) is 113 Å². The van der Waals surface area contributed by atoms with E-state index in [2.05, 4.69) is 5.32 Å². The van der Waals surface area contributed by atoms with E-state index in [9.17, 15) is 9.59 Å². The lowest BCUT2D eigenvalue weighted by Gasteiger charge is -2.29. The Kier molecular flexibility index (Phi) is 5.98. The number of carbonyl (C=O) groups is 2. The summed E-state index contributed by atoms with van der Waals surface area (Å²) in [6.07, 6.45) is 1.06. The highest BCUT2D eigenvalue weighted by Crippen LogP contribution is 2.25. The zero-order valence-electron chi connectivity index (χ0n) is 9.69. The van der Waals surface area contributed by atoms with Gasteiger partial charge in [0.25, 0.3) is 0 Å². The summed E-state index contributed by atoms with van der Waals surface area (Å²) in [4.78, 5) is 22.5. The fourth-order valence-electron chi connectivity index (χ4n) is 1.45. The minimum atomic E-state index is -1.27. The van der Waals surface area contributed by atoms with Gasteiger partial charge in [0.15, 0.2) is 0 Å². The Morgan fingerprint density at radius 2 is 1.88 bits per heavy atom. The van der Waals surface area contributed by atoms with Crippen LogP contribution in [0.25, 0.3) is 0 Å². The molecule has 6 nitrogen and oxygen atoms in total. The molecule has 0 aromatic heterocycles. The number of carbonyl (C=O) groups excluding carboxylic acids is 1. The molecule has 0 heterocycles. The Morgan fingerprint density at radius 1 is 1.38 bits per heavy atom. The van der Waals surface area contributed by atoms with Crippen molar-refractivity contribution in [1.82, 2.24) is 5.32 Å². The highest BCUT2D eigenvalue weighted by molar-refractivity contribution is 5.87. The molecule has 94 valence electrons. The van der Waals surface area contributed by atoms with Crippen LogP contribution in [0.2, 0.25) is 0 Å². The van der Waals surface area contributed by atoms with Crippen LogP contribution in [0.3, 0.4) is 0 Å². The molecule has 16 heavy (non-hydrogen) atoms. The van der Waals surface area contributed by atoms with Gasteiger partial charge in [-0.2, -0.15) is 0 Å². The summed E-state index contributed by atoms with van der Waals surface area (Å²) in [5.41, 5.74) is 4.81. The summed E-state index contributed by atoms with van der Waals surface area (Å²) in [5.74, 6) is -1.67. The molecule has 1 amide bonds. The van der Waals surface area contributed by atoms with Crippen molar-refractivity contribution in [3.8, 4) is 0 Å². The second kappa shape index (κ2) is 6.44. The van der Waals surface area contributed by atoms with Gasteiger partial charge in [-0.05, 0) is 12.8 Å². The minimum absolute atomic E-state index is 0.156. The molecule has 0 spiro atoms. The fourth-order valence-corrected chi connectivity index (χ4v) is 1.45. The van der Waals surface area contributed by atoms with Gasteiger partial charge < -0.3 is 21.3 Å². The first-order chi connectivity index (χ1) is 7.47. The lowest BCUT2D eigenvalue weighted by molar-refractivity contribution is -0.145. The van der Waals surface area contributed by atoms with E-state index < -0.39 is 29.9 Å². The molecule has 0 aliphatic rings. The van der Waals surface area contributed by atoms with Crippen molar-refractivity contribution in [2.45, 2.75) is 32.7 Å². The van der Waals surface area contributed by atoms with Crippen LogP contribution in [-0.2, 0) is 9.59 Å². The zero-order chi connectivity index (χ0) is 12.8. The number of aliphatic carboxylic acids is 1. The van der Waals surface area contributed by atoms with Crippen molar-refractivity contribution in [2.75, 3.05) is 13.2 Å². The number of aliphatic hydroxyl groups excluding tert-OH is 1. The van der Waals surface area contributed by atoms with Crippen LogP contribution in [0.4, 0.5) is 0 Å². The Hall–Kier alpha value is -1.14. The monoisotopic (exact) mass is 232 g/mol. The van der Waals surface area contributed by atoms with E-state index >= 15 is 0 Å². The molecule has 0 fully saturated rings. The molecule has 5 N–H and O–H groups in total. The van der Waals surface area contributed by atoms with Crippen molar-refractivity contribution in [3.63, 3.8) is 0 Å². The second-order valence-electron chi connectivity index (χ2n) is 3.74. The molecule has 1 unspecified atom stereocenters. The molecule has 0 saturated carbocycles. The lowest BCUT2D eigenvalue weighted by atomic mass is 9.81. The third-order valence-corrected chi connectivity index (χ3v) is 3.01. The molecular weight excluding hydrogens is 212 g/mol. The van der Waals surface area contributed by atoms with Gasteiger partial charge in [0.1, 0.15) is 6.04 Å². The summed E-state index contributed by atoms with van der Waals surface area (Å²) in [6.45, 7) is 3.17. The predicted molar refractivity (Wildman–Crippen MR) is 58.7 cm³/mol. The number of rotatable bonds is 7. The molecule has 1 atom stereocenters. The largest absolute Gasteiger partial charge is 0.480 e. The number of carboxylic acid groups (broad SMARTS) is 1. The van der Waals surface area contributed by atoms with Crippen LogP contribution in [0.1, 0.15) is 26.7 Å². The first-order valence-corrected chi connectivity index (χ1v) is 5.32. The number of nitrogens with two attached hydrogens (primary N) is 1. The van der Waals surface area contributed by atoms with Crippen molar-refractivity contribution < 1.29 is 19.8 Å². The van der Waals surface area contributed by atoms with Crippen LogP contribution >= 0.6 is 0 Å². The number of nitrogens with one attached hydrogen (secondary N) is 1. The maximum Gasteiger partial charge on any atom is 0.328 e. The molecule has 0 saturated heterocycles. The highest BCUT2D eigenvalue weighted by atomic mass is 16.4. The van der Waals surface area contributed by atoms with Gasteiger partial charge in [-0.15, -0.1) is 0 Å². The molecule has 0 radical (unpaired) electrons. The quantitative estimate of drug-likeness (QED) is 0.464. The first kappa shape index (κ1) is 14.9. The van der Waals surface area contributed by atoms with Gasteiger partial charge in [-0.3, -0.25) is 4.79 Å². The minimum Gasteiger partial charge on any atom is -0.480 e. The Labute approximate surface area is 94.8 Å². The van der Waals surface area contributed by atoms with Crippen LogP contribution < -0.4 is 11.1 Å². The second-order valence-corrected chi connectivity index (χ2v) is 3.74. The molecule has 0 aliphatic heterocycles. The SMILES string of the molecule is CCC(CC)(CN)C(=O)NC(CO)C(=O)O. The average Bonchev–Trinajstić information content (AvgIpc) is 2.28. The summed E-state index contributed by atoms with van der Waals surface area (Å²) in [6, 6.07) is -1.27. The number of aliphatic hydroxyl groups is 1. The van der Waals surface area contributed by atoms with E-state index in [-0.39, 0.29) is 6.54 Å².